The van der Waals surface area contributed by atoms with E-state index in [-0.39, 0.29) is 24.3 Å². The topological polar surface area (TPSA) is 73.5 Å². The SMILES string of the molecule is CN(CC1CNNC1c1ccc(F)cc1)S(=O)(=O)NCc1ccccc1. The molecule has 26 heavy (non-hydrogen) atoms. The highest BCUT2D eigenvalue weighted by Gasteiger charge is 2.31. The molecule has 0 radical (unpaired) electrons. The van der Waals surface area contributed by atoms with Crippen molar-refractivity contribution >= 4 is 10.2 Å². The Labute approximate surface area is 153 Å². The van der Waals surface area contributed by atoms with Gasteiger partial charge >= 0.3 is 0 Å². The standard InChI is InChI=1S/C18H23FN4O2S/c1-23(26(24,25)21-11-14-5-3-2-4-6-14)13-16-12-20-22-18(16)15-7-9-17(19)10-8-15/h2-10,16,18,20-22H,11-13H2,1H3. The van der Waals surface area contributed by atoms with Gasteiger partial charge in [0, 0.05) is 32.6 Å². The molecule has 1 aliphatic heterocycles. The molecule has 1 aliphatic rings. The Morgan fingerprint density at radius 3 is 2.54 bits per heavy atom. The van der Waals surface area contributed by atoms with Crippen molar-refractivity contribution < 1.29 is 12.8 Å². The fourth-order valence-electron chi connectivity index (χ4n) is 3.04. The van der Waals surface area contributed by atoms with Crippen molar-refractivity contribution in [2.45, 2.75) is 12.6 Å². The normalized spacial score (nSPS) is 20.6. The maximum absolute atomic E-state index is 13.1. The molecule has 2 unspecified atom stereocenters. The first-order valence-corrected chi connectivity index (χ1v) is 9.88. The van der Waals surface area contributed by atoms with Crippen molar-refractivity contribution in [2.24, 2.45) is 5.92 Å². The molecule has 2 atom stereocenters. The van der Waals surface area contributed by atoms with Crippen LogP contribution in [0.25, 0.3) is 0 Å². The second-order valence-electron chi connectivity index (χ2n) is 6.41. The van der Waals surface area contributed by atoms with Crippen LogP contribution in [0.3, 0.4) is 0 Å². The number of rotatable bonds is 7. The molecule has 0 amide bonds. The molecular weight excluding hydrogens is 355 g/mol. The molecule has 0 bridgehead atoms. The maximum atomic E-state index is 13.1. The van der Waals surface area contributed by atoms with Crippen molar-refractivity contribution in [3.05, 3.63) is 71.5 Å². The average molecular weight is 378 g/mol. The number of nitrogens with zero attached hydrogens (tertiary/aromatic N) is 1. The van der Waals surface area contributed by atoms with E-state index in [2.05, 4.69) is 15.6 Å². The summed E-state index contributed by atoms with van der Waals surface area (Å²) in [5, 5.41) is 0. The van der Waals surface area contributed by atoms with Crippen LogP contribution in [0, 0.1) is 11.7 Å². The molecule has 0 spiro atoms. The zero-order valence-electron chi connectivity index (χ0n) is 14.5. The largest absolute Gasteiger partial charge is 0.279 e. The van der Waals surface area contributed by atoms with Crippen molar-refractivity contribution in [3.63, 3.8) is 0 Å². The number of nitrogens with one attached hydrogen (secondary N) is 3. The molecule has 3 rings (SSSR count). The van der Waals surface area contributed by atoms with Crippen molar-refractivity contribution in [1.82, 2.24) is 19.9 Å². The van der Waals surface area contributed by atoms with Crippen molar-refractivity contribution in [2.75, 3.05) is 20.1 Å². The molecular formula is C18H23FN4O2S. The van der Waals surface area contributed by atoms with Crippen LogP contribution in [0.1, 0.15) is 17.2 Å². The van der Waals surface area contributed by atoms with E-state index >= 15 is 0 Å². The van der Waals surface area contributed by atoms with Gasteiger partial charge in [0.05, 0.1) is 6.04 Å². The Kier molecular flexibility index (Phi) is 6.00. The van der Waals surface area contributed by atoms with E-state index < -0.39 is 10.2 Å². The summed E-state index contributed by atoms with van der Waals surface area (Å²) < 4.78 is 42.1. The van der Waals surface area contributed by atoms with Gasteiger partial charge in [0.15, 0.2) is 0 Å². The number of hydrazine groups is 1. The van der Waals surface area contributed by atoms with E-state index in [1.54, 1.807) is 19.2 Å². The third-order valence-corrected chi connectivity index (χ3v) is 6.00. The molecule has 0 saturated carbocycles. The van der Waals surface area contributed by atoms with Gasteiger partial charge in [-0.1, -0.05) is 42.5 Å². The minimum Gasteiger partial charge on any atom is -0.257 e. The second-order valence-corrected chi connectivity index (χ2v) is 8.27. The molecule has 6 nitrogen and oxygen atoms in total. The number of halogens is 1. The van der Waals surface area contributed by atoms with E-state index in [0.717, 1.165) is 11.1 Å². The highest BCUT2D eigenvalue weighted by Crippen LogP contribution is 2.26. The van der Waals surface area contributed by atoms with Gasteiger partial charge in [-0.15, -0.1) is 0 Å². The van der Waals surface area contributed by atoms with E-state index in [1.807, 2.05) is 30.3 Å². The molecule has 140 valence electrons. The summed E-state index contributed by atoms with van der Waals surface area (Å²) in [4.78, 5) is 0. The molecule has 0 aromatic heterocycles. The first kappa shape index (κ1) is 18.9. The van der Waals surface area contributed by atoms with Crippen LogP contribution in [0.15, 0.2) is 54.6 Å². The lowest BCUT2D eigenvalue weighted by molar-refractivity contribution is 0.362. The fourth-order valence-corrected chi connectivity index (χ4v) is 4.00. The lowest BCUT2D eigenvalue weighted by Gasteiger charge is -2.24. The number of hydrogen-bond acceptors (Lipinski definition) is 4. The highest BCUT2D eigenvalue weighted by molar-refractivity contribution is 7.87. The van der Waals surface area contributed by atoms with Gasteiger partial charge in [-0.25, -0.2) is 9.82 Å². The summed E-state index contributed by atoms with van der Waals surface area (Å²) in [6.45, 7) is 1.21. The highest BCUT2D eigenvalue weighted by atomic mass is 32.2. The Balaban J connectivity index is 1.62. The molecule has 2 aromatic carbocycles. The van der Waals surface area contributed by atoms with Crippen LogP contribution >= 0.6 is 0 Å². The second kappa shape index (κ2) is 8.24. The van der Waals surface area contributed by atoms with Crippen LogP contribution in [-0.2, 0) is 16.8 Å². The predicted octanol–water partition coefficient (Wildman–Crippen LogP) is 1.56. The van der Waals surface area contributed by atoms with Gasteiger partial charge in [0.2, 0.25) is 0 Å². The van der Waals surface area contributed by atoms with E-state index in [1.165, 1.54) is 16.4 Å². The summed E-state index contributed by atoms with van der Waals surface area (Å²) in [5.41, 5.74) is 8.03. The van der Waals surface area contributed by atoms with Gasteiger partial charge < -0.3 is 0 Å². The van der Waals surface area contributed by atoms with Crippen molar-refractivity contribution in [1.29, 1.82) is 0 Å². The summed E-state index contributed by atoms with van der Waals surface area (Å²) in [6.07, 6.45) is 0. The molecule has 3 N–H and O–H groups in total. The van der Waals surface area contributed by atoms with E-state index in [0.29, 0.717) is 13.1 Å². The van der Waals surface area contributed by atoms with Crippen LogP contribution < -0.4 is 15.6 Å². The monoisotopic (exact) mass is 378 g/mol. The minimum atomic E-state index is -3.59. The lowest BCUT2D eigenvalue weighted by Crippen LogP contribution is -2.41. The van der Waals surface area contributed by atoms with Gasteiger partial charge in [-0.05, 0) is 23.3 Å². The average Bonchev–Trinajstić information content (AvgIpc) is 3.10. The van der Waals surface area contributed by atoms with Crippen LogP contribution in [0.2, 0.25) is 0 Å². The van der Waals surface area contributed by atoms with Crippen molar-refractivity contribution in [3.8, 4) is 0 Å². The van der Waals surface area contributed by atoms with Crippen LogP contribution in [-0.4, -0.2) is 32.9 Å². The lowest BCUT2D eigenvalue weighted by atomic mass is 9.95. The summed E-state index contributed by atoms with van der Waals surface area (Å²) in [7, 11) is -2.03. The third-order valence-electron chi connectivity index (χ3n) is 4.53. The zero-order valence-corrected chi connectivity index (χ0v) is 15.3. The number of benzene rings is 2. The Hall–Kier alpha value is -1.84. The van der Waals surface area contributed by atoms with Gasteiger partial charge in [-0.3, -0.25) is 5.43 Å². The Bertz CT molecular complexity index is 815. The zero-order chi connectivity index (χ0) is 18.6. The Morgan fingerprint density at radius 1 is 1.15 bits per heavy atom. The van der Waals surface area contributed by atoms with Gasteiger partial charge in [-0.2, -0.15) is 17.4 Å². The molecule has 0 aliphatic carbocycles. The molecule has 1 saturated heterocycles. The van der Waals surface area contributed by atoms with Crippen LogP contribution in [0.4, 0.5) is 4.39 Å². The van der Waals surface area contributed by atoms with Gasteiger partial charge in [0.1, 0.15) is 5.82 Å². The van der Waals surface area contributed by atoms with Gasteiger partial charge in [0.25, 0.3) is 10.2 Å². The first-order valence-electron chi connectivity index (χ1n) is 8.44. The Morgan fingerprint density at radius 2 is 1.85 bits per heavy atom. The van der Waals surface area contributed by atoms with Crippen LogP contribution in [0.5, 0.6) is 0 Å². The van der Waals surface area contributed by atoms with E-state index in [4.69, 9.17) is 0 Å². The molecule has 1 heterocycles. The predicted molar refractivity (Wildman–Crippen MR) is 98.6 cm³/mol. The number of hydrogen-bond donors (Lipinski definition) is 3. The maximum Gasteiger partial charge on any atom is 0.279 e. The first-order chi connectivity index (χ1) is 12.5. The van der Waals surface area contributed by atoms with E-state index in [9.17, 15) is 12.8 Å². The fraction of sp³-hybridized carbons (Fsp3) is 0.333. The third kappa shape index (κ3) is 4.66. The summed E-state index contributed by atoms with van der Waals surface area (Å²) in [6, 6.07) is 15.6. The molecule has 1 fully saturated rings. The summed E-state index contributed by atoms with van der Waals surface area (Å²) >= 11 is 0. The molecule has 2 aromatic rings. The minimum absolute atomic E-state index is 0.0266. The smallest absolute Gasteiger partial charge is 0.257 e. The molecule has 8 heteroatoms. The summed E-state index contributed by atoms with van der Waals surface area (Å²) in [5.74, 6) is -0.264. The quantitative estimate of drug-likeness (QED) is 0.684.